The zero-order valence-electron chi connectivity index (χ0n) is 10.5. The molecule has 0 radical (unpaired) electrons. The lowest BCUT2D eigenvalue weighted by molar-refractivity contribution is -0.140. The van der Waals surface area contributed by atoms with E-state index in [1.54, 1.807) is 24.3 Å². The van der Waals surface area contributed by atoms with Gasteiger partial charge < -0.3 is 5.11 Å². The van der Waals surface area contributed by atoms with Gasteiger partial charge in [0.05, 0.1) is 0 Å². The predicted molar refractivity (Wildman–Crippen MR) is 67.9 cm³/mol. The second-order valence-corrected chi connectivity index (χ2v) is 4.48. The summed E-state index contributed by atoms with van der Waals surface area (Å²) in [5.74, 6) is -1.09. The topological polar surface area (TPSA) is 78.4 Å². The Bertz CT molecular complexity index is 404. The Morgan fingerprint density at radius 2 is 1.83 bits per heavy atom. The average Bonchev–Trinajstić information content (AvgIpc) is 2.34. The smallest absolute Gasteiger partial charge is 0.322 e. The van der Waals surface area contributed by atoms with Crippen LogP contribution in [0, 0.1) is 5.92 Å². The number of hydrogen-bond acceptors (Lipinski definition) is 3. The summed E-state index contributed by atoms with van der Waals surface area (Å²) in [4.78, 5) is 22.7. The van der Waals surface area contributed by atoms with E-state index in [0.29, 0.717) is 12.0 Å². The Balaban J connectivity index is 2.52. The van der Waals surface area contributed by atoms with E-state index in [9.17, 15) is 9.59 Å². The van der Waals surface area contributed by atoms with Gasteiger partial charge in [0.25, 0.3) is 5.91 Å². The number of hydrazine groups is 1. The van der Waals surface area contributed by atoms with Crippen molar-refractivity contribution in [2.75, 3.05) is 0 Å². The average molecular weight is 250 g/mol. The van der Waals surface area contributed by atoms with Crippen LogP contribution in [0.15, 0.2) is 30.3 Å². The van der Waals surface area contributed by atoms with Crippen LogP contribution in [0.25, 0.3) is 0 Å². The lowest BCUT2D eigenvalue weighted by Crippen LogP contribution is -2.48. The van der Waals surface area contributed by atoms with Gasteiger partial charge in [-0.1, -0.05) is 32.0 Å². The molecule has 0 aliphatic heterocycles. The minimum atomic E-state index is -0.975. The molecule has 1 atom stereocenters. The molecule has 0 bridgehead atoms. The summed E-state index contributed by atoms with van der Waals surface area (Å²) in [6.07, 6.45) is 0.449. The van der Waals surface area contributed by atoms with Crippen LogP contribution >= 0.6 is 0 Å². The summed E-state index contributed by atoms with van der Waals surface area (Å²) in [7, 11) is 0. The molecule has 1 amide bonds. The molecule has 0 unspecified atom stereocenters. The molecule has 0 fully saturated rings. The highest BCUT2D eigenvalue weighted by Gasteiger charge is 2.19. The van der Waals surface area contributed by atoms with E-state index in [-0.39, 0.29) is 11.8 Å². The van der Waals surface area contributed by atoms with E-state index >= 15 is 0 Å². The largest absolute Gasteiger partial charge is 0.480 e. The number of carbonyl (C=O) groups is 2. The van der Waals surface area contributed by atoms with Crippen molar-refractivity contribution in [2.24, 2.45) is 5.92 Å². The first kappa shape index (κ1) is 14.2. The monoisotopic (exact) mass is 250 g/mol. The zero-order valence-corrected chi connectivity index (χ0v) is 10.5. The third-order valence-electron chi connectivity index (χ3n) is 2.40. The summed E-state index contributed by atoms with van der Waals surface area (Å²) in [5, 5.41) is 8.99. The van der Waals surface area contributed by atoms with Gasteiger partial charge in [-0.15, -0.1) is 0 Å². The quantitative estimate of drug-likeness (QED) is 0.667. The van der Waals surface area contributed by atoms with Gasteiger partial charge in [-0.05, 0) is 24.5 Å². The van der Waals surface area contributed by atoms with Crippen LogP contribution in [-0.2, 0) is 4.79 Å². The van der Waals surface area contributed by atoms with Crippen LogP contribution in [0.5, 0.6) is 0 Å². The number of benzene rings is 1. The molecule has 0 saturated heterocycles. The highest BCUT2D eigenvalue weighted by atomic mass is 16.4. The summed E-state index contributed by atoms with van der Waals surface area (Å²) in [6, 6.07) is 7.85. The van der Waals surface area contributed by atoms with E-state index in [0.717, 1.165) is 0 Å². The molecule has 0 aliphatic carbocycles. The van der Waals surface area contributed by atoms with Crippen molar-refractivity contribution in [3.05, 3.63) is 35.9 Å². The van der Waals surface area contributed by atoms with Gasteiger partial charge in [0, 0.05) is 5.56 Å². The van der Waals surface area contributed by atoms with Crippen molar-refractivity contribution in [3.8, 4) is 0 Å². The van der Waals surface area contributed by atoms with Gasteiger partial charge >= 0.3 is 5.97 Å². The maximum atomic E-state index is 11.7. The molecule has 0 spiro atoms. The molecule has 0 saturated carbocycles. The molecule has 5 heteroatoms. The van der Waals surface area contributed by atoms with Crippen LogP contribution in [0.1, 0.15) is 30.6 Å². The number of aliphatic carboxylic acids is 1. The molecule has 98 valence electrons. The lowest BCUT2D eigenvalue weighted by atomic mass is 10.0. The Hall–Kier alpha value is -1.88. The SMILES string of the molecule is CC(C)C[C@H](NNC(=O)c1ccccc1)C(=O)O. The zero-order chi connectivity index (χ0) is 13.5. The predicted octanol–water partition coefficient (Wildman–Crippen LogP) is 1.42. The van der Waals surface area contributed by atoms with Crippen LogP contribution in [-0.4, -0.2) is 23.0 Å². The van der Waals surface area contributed by atoms with Crippen molar-refractivity contribution in [2.45, 2.75) is 26.3 Å². The van der Waals surface area contributed by atoms with Gasteiger partial charge in [-0.2, -0.15) is 0 Å². The van der Waals surface area contributed by atoms with Crippen molar-refractivity contribution in [3.63, 3.8) is 0 Å². The summed E-state index contributed by atoms with van der Waals surface area (Å²) in [5.41, 5.74) is 5.45. The fourth-order valence-corrected chi connectivity index (χ4v) is 1.51. The number of rotatable bonds is 6. The van der Waals surface area contributed by atoms with Crippen molar-refractivity contribution < 1.29 is 14.7 Å². The first-order valence-corrected chi connectivity index (χ1v) is 5.84. The minimum absolute atomic E-state index is 0.229. The molecular formula is C13H18N2O3. The molecule has 5 nitrogen and oxygen atoms in total. The van der Waals surface area contributed by atoms with E-state index in [1.165, 1.54) is 0 Å². The second kappa shape index (κ2) is 6.76. The normalized spacial score (nSPS) is 12.2. The van der Waals surface area contributed by atoms with Crippen molar-refractivity contribution >= 4 is 11.9 Å². The molecule has 0 aliphatic rings. The van der Waals surface area contributed by atoms with E-state index in [2.05, 4.69) is 10.9 Å². The fourth-order valence-electron chi connectivity index (χ4n) is 1.51. The number of nitrogens with one attached hydrogen (secondary N) is 2. The van der Waals surface area contributed by atoms with Crippen molar-refractivity contribution in [1.82, 2.24) is 10.9 Å². The summed E-state index contributed by atoms with van der Waals surface area (Å²) < 4.78 is 0. The Morgan fingerprint density at radius 1 is 1.22 bits per heavy atom. The van der Waals surface area contributed by atoms with Crippen LogP contribution in [0.3, 0.4) is 0 Å². The van der Waals surface area contributed by atoms with Crippen molar-refractivity contribution in [1.29, 1.82) is 0 Å². The number of carbonyl (C=O) groups excluding carboxylic acids is 1. The molecule has 1 rings (SSSR count). The Kier molecular flexibility index (Phi) is 5.32. The van der Waals surface area contributed by atoms with Crippen LogP contribution in [0.4, 0.5) is 0 Å². The number of carboxylic acids is 1. The molecule has 0 heterocycles. The summed E-state index contributed by atoms with van der Waals surface area (Å²) >= 11 is 0. The third-order valence-corrected chi connectivity index (χ3v) is 2.40. The highest BCUT2D eigenvalue weighted by molar-refractivity contribution is 5.94. The van der Waals surface area contributed by atoms with E-state index in [1.807, 2.05) is 19.9 Å². The first-order chi connectivity index (χ1) is 8.50. The Labute approximate surface area is 106 Å². The Morgan fingerprint density at radius 3 is 2.33 bits per heavy atom. The number of amides is 1. The van der Waals surface area contributed by atoms with Gasteiger partial charge in [0.2, 0.25) is 0 Å². The van der Waals surface area contributed by atoms with Gasteiger partial charge in [0.15, 0.2) is 0 Å². The third kappa shape index (κ3) is 4.55. The molecular weight excluding hydrogens is 232 g/mol. The van der Waals surface area contributed by atoms with E-state index < -0.39 is 12.0 Å². The van der Waals surface area contributed by atoms with Gasteiger partial charge in [-0.3, -0.25) is 15.0 Å². The molecule has 1 aromatic carbocycles. The standard InChI is InChI=1S/C13H18N2O3/c1-9(2)8-11(13(17)18)14-15-12(16)10-6-4-3-5-7-10/h3-7,9,11,14H,8H2,1-2H3,(H,15,16)(H,17,18)/t11-/m0/s1. The number of hydrogen-bond donors (Lipinski definition) is 3. The molecule has 18 heavy (non-hydrogen) atoms. The molecule has 1 aromatic rings. The van der Waals surface area contributed by atoms with Crippen LogP contribution < -0.4 is 10.9 Å². The fraction of sp³-hybridized carbons (Fsp3) is 0.385. The maximum Gasteiger partial charge on any atom is 0.322 e. The maximum absolute atomic E-state index is 11.7. The lowest BCUT2D eigenvalue weighted by Gasteiger charge is -2.17. The van der Waals surface area contributed by atoms with Crippen LogP contribution in [0.2, 0.25) is 0 Å². The molecule has 0 aromatic heterocycles. The second-order valence-electron chi connectivity index (χ2n) is 4.48. The highest BCUT2D eigenvalue weighted by Crippen LogP contribution is 2.04. The van der Waals surface area contributed by atoms with Gasteiger partial charge in [-0.25, -0.2) is 5.43 Å². The van der Waals surface area contributed by atoms with E-state index in [4.69, 9.17) is 5.11 Å². The minimum Gasteiger partial charge on any atom is -0.480 e. The van der Waals surface area contributed by atoms with Gasteiger partial charge in [0.1, 0.15) is 6.04 Å². The molecule has 3 N–H and O–H groups in total. The number of carboxylic acid groups (broad SMARTS) is 1. The summed E-state index contributed by atoms with van der Waals surface area (Å²) in [6.45, 7) is 3.85. The first-order valence-electron chi connectivity index (χ1n) is 5.84.